The number of allylic oxidation sites excluding steroid dienone is 2. The van der Waals surface area contributed by atoms with Gasteiger partial charge in [-0.15, -0.1) is 0 Å². The second kappa shape index (κ2) is 7.84. The zero-order chi connectivity index (χ0) is 21.6. The van der Waals surface area contributed by atoms with Crippen LogP contribution in [0.5, 0.6) is 0 Å². The lowest BCUT2D eigenvalue weighted by Gasteiger charge is -2.57. The van der Waals surface area contributed by atoms with Crippen LogP contribution in [0.2, 0.25) is 0 Å². The maximum atomic E-state index is 12.3. The molecule has 6 atom stereocenters. The summed E-state index contributed by atoms with van der Waals surface area (Å²) < 4.78 is 1.85. The third-order valence-electron chi connectivity index (χ3n) is 9.36. The summed E-state index contributed by atoms with van der Waals surface area (Å²) in [5, 5.41) is 15.1. The van der Waals surface area contributed by atoms with Crippen LogP contribution in [-0.2, 0) is 11.3 Å². The molecule has 3 saturated carbocycles. The summed E-state index contributed by atoms with van der Waals surface area (Å²) in [5.74, 6) is 2.07. The highest BCUT2D eigenvalue weighted by Crippen LogP contribution is 2.65. The first kappa shape index (κ1) is 20.9. The Bertz CT molecular complexity index is 910. The van der Waals surface area contributed by atoms with Crippen molar-refractivity contribution < 1.29 is 14.5 Å². The van der Waals surface area contributed by atoms with Crippen molar-refractivity contribution in [1.29, 1.82) is 0 Å². The van der Waals surface area contributed by atoms with Gasteiger partial charge in [0.05, 0.1) is 11.8 Å². The van der Waals surface area contributed by atoms with E-state index in [1.165, 1.54) is 24.8 Å². The largest absolute Gasteiger partial charge is 0.393 e. The number of rotatable bonds is 3. The third-order valence-corrected chi connectivity index (χ3v) is 9.36. The number of carbonyl (C=O) groups excluding carboxylic acids is 1. The summed E-state index contributed by atoms with van der Waals surface area (Å²) in [6, 6.07) is 5.78. The molecular formula is C26H36N3O2+. The van der Waals surface area contributed by atoms with Gasteiger partial charge in [0.1, 0.15) is 0 Å². The van der Waals surface area contributed by atoms with E-state index >= 15 is 0 Å². The topological polar surface area (TPSA) is 65.6 Å². The molecular weight excluding hydrogens is 386 g/mol. The minimum Gasteiger partial charge on any atom is -0.393 e. The van der Waals surface area contributed by atoms with Crippen molar-refractivity contribution in [3.8, 4) is 0 Å². The van der Waals surface area contributed by atoms with Crippen molar-refractivity contribution in [1.82, 2.24) is 5.43 Å². The molecule has 5 nitrogen and oxygen atoms in total. The highest BCUT2D eigenvalue weighted by atomic mass is 16.3. The normalized spacial score (nSPS) is 40.5. The van der Waals surface area contributed by atoms with Crippen LogP contribution in [-0.4, -0.2) is 22.8 Å². The number of nitrogens with one attached hydrogen (secondary N) is 1. The molecule has 5 rings (SSSR count). The van der Waals surface area contributed by atoms with Crippen LogP contribution in [0.3, 0.4) is 0 Å². The molecule has 0 aromatic carbocycles. The molecule has 0 bridgehead atoms. The highest BCUT2D eigenvalue weighted by molar-refractivity contribution is 5.97. The Hall–Kier alpha value is -2.01. The van der Waals surface area contributed by atoms with E-state index in [-0.39, 0.29) is 29.4 Å². The van der Waals surface area contributed by atoms with Gasteiger partial charge in [0, 0.05) is 12.1 Å². The lowest BCUT2D eigenvalue weighted by atomic mass is 9.47. The second-order valence-corrected chi connectivity index (χ2v) is 10.8. The summed E-state index contributed by atoms with van der Waals surface area (Å²) >= 11 is 0. The number of aliphatic hydroxyl groups excluding tert-OH is 1. The van der Waals surface area contributed by atoms with Gasteiger partial charge in [-0.3, -0.25) is 4.79 Å². The molecule has 0 saturated heterocycles. The van der Waals surface area contributed by atoms with E-state index in [0.29, 0.717) is 5.92 Å². The molecule has 5 heteroatoms. The number of aromatic nitrogens is 1. The van der Waals surface area contributed by atoms with Gasteiger partial charge in [-0.05, 0) is 86.0 Å². The van der Waals surface area contributed by atoms with Crippen molar-refractivity contribution in [2.24, 2.45) is 33.7 Å². The number of nitrogens with zero attached hydrogens (tertiary/aromatic N) is 2. The van der Waals surface area contributed by atoms with Crippen LogP contribution in [0.15, 0.2) is 47.3 Å². The quantitative estimate of drug-likeness (QED) is 0.575. The van der Waals surface area contributed by atoms with E-state index in [0.717, 1.165) is 49.7 Å². The molecule has 1 aromatic heterocycles. The predicted molar refractivity (Wildman–Crippen MR) is 120 cm³/mol. The lowest BCUT2D eigenvalue weighted by Crippen LogP contribution is -2.51. The van der Waals surface area contributed by atoms with Crippen LogP contribution in [0.1, 0.15) is 65.2 Å². The summed E-state index contributed by atoms with van der Waals surface area (Å²) in [4.78, 5) is 12.3. The van der Waals surface area contributed by atoms with E-state index in [1.54, 1.807) is 0 Å². The lowest BCUT2D eigenvalue weighted by molar-refractivity contribution is -0.684. The van der Waals surface area contributed by atoms with E-state index in [2.05, 4.69) is 30.5 Å². The molecule has 0 radical (unpaired) electrons. The summed E-state index contributed by atoms with van der Waals surface area (Å²) in [5.41, 5.74) is 5.70. The molecule has 31 heavy (non-hydrogen) atoms. The maximum absolute atomic E-state index is 12.3. The molecule has 2 N–H and O–H groups in total. The Morgan fingerprint density at radius 3 is 2.71 bits per heavy atom. The SMILES string of the molecule is C[C@]12CC[C@H]3[C@@H](CCC4=C/C(=N\NC(=O)C[n+]5ccccc5)CC[C@@]43C)[C@@H]1CC[C@@H]2O. The Kier molecular flexibility index (Phi) is 5.28. The first-order valence-corrected chi connectivity index (χ1v) is 12.1. The van der Waals surface area contributed by atoms with Crippen LogP contribution in [0.4, 0.5) is 0 Å². The average molecular weight is 423 g/mol. The van der Waals surface area contributed by atoms with Crippen molar-refractivity contribution >= 4 is 11.6 Å². The van der Waals surface area contributed by atoms with Gasteiger partial charge in [-0.1, -0.05) is 25.5 Å². The number of hydrogen-bond acceptors (Lipinski definition) is 3. The average Bonchev–Trinajstić information content (AvgIpc) is 3.07. The maximum Gasteiger partial charge on any atom is 0.305 e. The van der Waals surface area contributed by atoms with Crippen LogP contribution in [0, 0.1) is 28.6 Å². The number of fused-ring (bicyclic) bond motifs is 5. The number of carbonyl (C=O) groups is 1. The first-order chi connectivity index (χ1) is 14.9. The molecule has 1 aromatic rings. The van der Waals surface area contributed by atoms with Crippen LogP contribution in [0.25, 0.3) is 0 Å². The fourth-order valence-electron chi connectivity index (χ4n) is 7.51. The Morgan fingerprint density at radius 1 is 1.10 bits per heavy atom. The molecule has 1 amide bonds. The molecule has 4 aliphatic carbocycles. The summed E-state index contributed by atoms with van der Waals surface area (Å²) in [6.45, 7) is 5.11. The van der Waals surface area contributed by atoms with Crippen molar-refractivity contribution in [3.63, 3.8) is 0 Å². The molecule has 0 unspecified atom stereocenters. The highest BCUT2D eigenvalue weighted by Gasteiger charge is 2.58. The molecule has 0 aliphatic heterocycles. The predicted octanol–water partition coefficient (Wildman–Crippen LogP) is 3.77. The number of amides is 1. The van der Waals surface area contributed by atoms with Gasteiger partial charge >= 0.3 is 5.91 Å². The Morgan fingerprint density at radius 2 is 1.90 bits per heavy atom. The van der Waals surface area contributed by atoms with Gasteiger partial charge in [0.2, 0.25) is 6.54 Å². The van der Waals surface area contributed by atoms with E-state index < -0.39 is 0 Å². The van der Waals surface area contributed by atoms with Gasteiger partial charge in [0.25, 0.3) is 0 Å². The van der Waals surface area contributed by atoms with Crippen molar-refractivity contribution in [2.45, 2.75) is 77.9 Å². The van der Waals surface area contributed by atoms with Gasteiger partial charge in [-0.25, -0.2) is 5.43 Å². The van der Waals surface area contributed by atoms with Gasteiger partial charge in [0.15, 0.2) is 12.4 Å². The molecule has 4 aliphatic rings. The smallest absolute Gasteiger partial charge is 0.305 e. The molecule has 0 spiro atoms. The third kappa shape index (κ3) is 3.55. The van der Waals surface area contributed by atoms with Crippen LogP contribution < -0.4 is 9.99 Å². The standard InChI is InChI=1S/C26H35N3O2/c1-25-12-10-19(27-28-24(31)17-29-14-4-3-5-15-29)16-18(25)6-7-20-21-8-9-23(30)26(21,2)13-11-22(20)25/h3-5,14-16,20-23,30H,6-13,17H2,1-2H3/p+1/b27-19-/t20-,21-,22-,23-,25-,26-/m0/s1. The molecule has 1 heterocycles. The fourth-order valence-corrected chi connectivity index (χ4v) is 7.51. The monoisotopic (exact) mass is 422 g/mol. The number of hydrogen-bond donors (Lipinski definition) is 2. The van der Waals surface area contributed by atoms with Gasteiger partial charge in [-0.2, -0.15) is 9.67 Å². The number of hydrazone groups is 1. The molecule has 3 fully saturated rings. The van der Waals surface area contributed by atoms with E-state index in [4.69, 9.17) is 0 Å². The van der Waals surface area contributed by atoms with E-state index in [1.807, 2.05) is 35.2 Å². The molecule has 166 valence electrons. The minimum atomic E-state index is -0.106. The zero-order valence-corrected chi connectivity index (χ0v) is 18.9. The Balaban J connectivity index is 1.29. The van der Waals surface area contributed by atoms with Gasteiger partial charge < -0.3 is 5.11 Å². The van der Waals surface area contributed by atoms with E-state index in [9.17, 15) is 9.90 Å². The summed E-state index contributed by atoms with van der Waals surface area (Å²) in [7, 11) is 0. The summed E-state index contributed by atoms with van der Waals surface area (Å²) in [6.07, 6.45) is 15.0. The Labute approximate surface area is 185 Å². The second-order valence-electron chi connectivity index (χ2n) is 10.8. The fraction of sp³-hybridized carbons (Fsp3) is 0.654. The van der Waals surface area contributed by atoms with Crippen molar-refractivity contribution in [3.05, 3.63) is 42.2 Å². The first-order valence-electron chi connectivity index (χ1n) is 12.1. The number of aliphatic hydroxyl groups is 1. The zero-order valence-electron chi connectivity index (χ0n) is 18.9. The van der Waals surface area contributed by atoms with Crippen molar-refractivity contribution in [2.75, 3.05) is 0 Å². The number of pyridine rings is 1. The minimum absolute atomic E-state index is 0.0921. The van der Waals surface area contributed by atoms with Crippen LogP contribution >= 0.6 is 0 Å².